The lowest BCUT2D eigenvalue weighted by atomic mass is 10.0. The van der Waals surface area contributed by atoms with Crippen molar-refractivity contribution in [3.8, 4) is 16.9 Å². The van der Waals surface area contributed by atoms with Crippen LogP contribution in [0.2, 0.25) is 0 Å². The number of nitrogens with one attached hydrogen (secondary N) is 1. The fourth-order valence-electron chi connectivity index (χ4n) is 3.60. The molecule has 0 radical (unpaired) electrons. The summed E-state index contributed by atoms with van der Waals surface area (Å²) in [6, 6.07) is 27.1. The summed E-state index contributed by atoms with van der Waals surface area (Å²) in [7, 11) is 1.68. The SMILES string of the molecule is COc1ccc(-c2ccc3[nH]c4ncc(/C=C/c5ccccc5)cc4c3c2)cc1. The third-order valence-electron chi connectivity index (χ3n) is 5.16. The highest BCUT2D eigenvalue weighted by Crippen LogP contribution is 2.30. The van der Waals surface area contributed by atoms with E-state index in [0.717, 1.165) is 33.4 Å². The number of benzene rings is 3. The number of H-pyrrole nitrogens is 1. The molecule has 29 heavy (non-hydrogen) atoms. The van der Waals surface area contributed by atoms with Gasteiger partial charge in [0.1, 0.15) is 11.4 Å². The molecule has 0 bridgehead atoms. The first-order chi connectivity index (χ1) is 14.3. The van der Waals surface area contributed by atoms with Crippen LogP contribution in [-0.4, -0.2) is 17.1 Å². The lowest BCUT2D eigenvalue weighted by molar-refractivity contribution is 0.415. The highest BCUT2D eigenvalue weighted by atomic mass is 16.5. The molecule has 5 aromatic rings. The molecule has 5 rings (SSSR count). The monoisotopic (exact) mass is 376 g/mol. The smallest absolute Gasteiger partial charge is 0.138 e. The summed E-state index contributed by atoms with van der Waals surface area (Å²) in [6.45, 7) is 0. The van der Waals surface area contributed by atoms with Crippen LogP contribution < -0.4 is 4.74 Å². The van der Waals surface area contributed by atoms with E-state index in [1.807, 2.05) is 36.5 Å². The van der Waals surface area contributed by atoms with Crippen molar-refractivity contribution in [2.45, 2.75) is 0 Å². The van der Waals surface area contributed by atoms with Gasteiger partial charge in [-0.15, -0.1) is 0 Å². The molecular weight excluding hydrogens is 356 g/mol. The molecule has 3 aromatic carbocycles. The zero-order valence-electron chi connectivity index (χ0n) is 16.1. The van der Waals surface area contributed by atoms with Gasteiger partial charge in [0, 0.05) is 22.5 Å². The maximum Gasteiger partial charge on any atom is 0.138 e. The number of aromatic nitrogens is 2. The normalized spacial score (nSPS) is 11.5. The molecule has 2 aromatic heterocycles. The van der Waals surface area contributed by atoms with Crippen LogP contribution in [0.25, 0.3) is 45.2 Å². The molecule has 0 fully saturated rings. The highest BCUT2D eigenvalue weighted by molar-refractivity contribution is 6.07. The quantitative estimate of drug-likeness (QED) is 0.385. The number of nitrogens with zero attached hydrogens (tertiary/aromatic N) is 1. The van der Waals surface area contributed by atoms with Gasteiger partial charge in [0.2, 0.25) is 0 Å². The van der Waals surface area contributed by atoms with Crippen molar-refractivity contribution in [2.24, 2.45) is 0 Å². The number of ether oxygens (including phenoxy) is 1. The van der Waals surface area contributed by atoms with Gasteiger partial charge in [-0.05, 0) is 52.6 Å². The molecule has 0 amide bonds. The van der Waals surface area contributed by atoms with Crippen molar-refractivity contribution in [2.75, 3.05) is 7.11 Å². The second-order valence-corrected chi connectivity index (χ2v) is 7.02. The number of pyridine rings is 1. The molecule has 0 saturated heterocycles. The fraction of sp³-hybridized carbons (Fsp3) is 0.0385. The Morgan fingerprint density at radius 2 is 1.52 bits per heavy atom. The molecule has 0 spiro atoms. The Hall–Kier alpha value is -3.85. The largest absolute Gasteiger partial charge is 0.497 e. The molecule has 2 heterocycles. The summed E-state index contributed by atoms with van der Waals surface area (Å²) < 4.78 is 5.27. The first-order valence-electron chi connectivity index (χ1n) is 9.59. The van der Waals surface area contributed by atoms with Crippen molar-refractivity contribution in [1.82, 2.24) is 9.97 Å². The van der Waals surface area contributed by atoms with E-state index >= 15 is 0 Å². The summed E-state index contributed by atoms with van der Waals surface area (Å²) in [5.74, 6) is 0.862. The molecule has 0 atom stereocenters. The number of hydrogen-bond acceptors (Lipinski definition) is 2. The van der Waals surface area contributed by atoms with Crippen molar-refractivity contribution < 1.29 is 4.74 Å². The van der Waals surface area contributed by atoms with Crippen LogP contribution in [0.3, 0.4) is 0 Å². The van der Waals surface area contributed by atoms with Crippen LogP contribution in [0.15, 0.2) is 85.1 Å². The Kier molecular flexibility index (Phi) is 4.34. The van der Waals surface area contributed by atoms with E-state index < -0.39 is 0 Å². The van der Waals surface area contributed by atoms with Gasteiger partial charge in [0.15, 0.2) is 0 Å². The van der Waals surface area contributed by atoms with Crippen molar-refractivity contribution >= 4 is 34.1 Å². The predicted molar refractivity (Wildman–Crippen MR) is 121 cm³/mol. The minimum Gasteiger partial charge on any atom is -0.497 e. The third kappa shape index (κ3) is 3.39. The van der Waals surface area contributed by atoms with Gasteiger partial charge >= 0.3 is 0 Å². The van der Waals surface area contributed by atoms with E-state index in [4.69, 9.17) is 4.74 Å². The van der Waals surface area contributed by atoms with Gasteiger partial charge < -0.3 is 9.72 Å². The predicted octanol–water partition coefficient (Wildman–Crippen LogP) is 6.56. The molecule has 140 valence electrons. The number of methoxy groups -OCH3 is 1. The summed E-state index contributed by atoms with van der Waals surface area (Å²) in [4.78, 5) is 8.05. The molecule has 3 nitrogen and oxygen atoms in total. The molecular formula is C26H20N2O. The van der Waals surface area contributed by atoms with E-state index in [2.05, 4.69) is 70.7 Å². The Labute approximate surface area is 169 Å². The Morgan fingerprint density at radius 3 is 2.31 bits per heavy atom. The first-order valence-corrected chi connectivity index (χ1v) is 9.59. The van der Waals surface area contributed by atoms with Gasteiger partial charge in [0.05, 0.1) is 7.11 Å². The van der Waals surface area contributed by atoms with Crippen molar-refractivity contribution in [3.05, 3.63) is 96.2 Å². The summed E-state index contributed by atoms with van der Waals surface area (Å²) in [5.41, 5.74) is 6.59. The van der Waals surface area contributed by atoms with E-state index in [-0.39, 0.29) is 0 Å². The molecule has 0 unspecified atom stereocenters. The van der Waals surface area contributed by atoms with E-state index in [0.29, 0.717) is 0 Å². The molecule has 3 heteroatoms. The Balaban J connectivity index is 1.56. The van der Waals surface area contributed by atoms with Crippen LogP contribution in [0.4, 0.5) is 0 Å². The molecule has 0 aliphatic carbocycles. The zero-order chi connectivity index (χ0) is 19.6. The Morgan fingerprint density at radius 1 is 0.759 bits per heavy atom. The van der Waals surface area contributed by atoms with Crippen molar-refractivity contribution in [1.29, 1.82) is 0 Å². The highest BCUT2D eigenvalue weighted by Gasteiger charge is 2.08. The van der Waals surface area contributed by atoms with E-state index in [9.17, 15) is 0 Å². The minimum absolute atomic E-state index is 0.862. The zero-order valence-corrected chi connectivity index (χ0v) is 16.1. The summed E-state index contributed by atoms with van der Waals surface area (Å²) in [5, 5.41) is 2.31. The number of fused-ring (bicyclic) bond motifs is 3. The molecule has 0 aliphatic rings. The first kappa shape index (κ1) is 17.3. The van der Waals surface area contributed by atoms with Crippen LogP contribution in [0.1, 0.15) is 11.1 Å². The minimum atomic E-state index is 0.862. The lowest BCUT2D eigenvalue weighted by Crippen LogP contribution is -1.83. The molecule has 1 N–H and O–H groups in total. The van der Waals surface area contributed by atoms with E-state index in [1.165, 1.54) is 16.5 Å². The number of hydrogen-bond donors (Lipinski definition) is 1. The maximum atomic E-state index is 5.27. The second-order valence-electron chi connectivity index (χ2n) is 7.02. The topological polar surface area (TPSA) is 37.9 Å². The van der Waals surface area contributed by atoms with Crippen molar-refractivity contribution in [3.63, 3.8) is 0 Å². The molecule has 0 aliphatic heterocycles. The average molecular weight is 376 g/mol. The number of rotatable bonds is 4. The maximum absolute atomic E-state index is 5.27. The van der Waals surface area contributed by atoms with Gasteiger partial charge in [0.25, 0.3) is 0 Å². The Bertz CT molecular complexity index is 1320. The number of aromatic amines is 1. The second kappa shape index (κ2) is 7.28. The summed E-state index contributed by atoms with van der Waals surface area (Å²) in [6.07, 6.45) is 6.12. The van der Waals surface area contributed by atoms with Crippen LogP contribution in [0.5, 0.6) is 5.75 Å². The average Bonchev–Trinajstić information content (AvgIpc) is 3.15. The molecule has 0 saturated carbocycles. The van der Waals surface area contributed by atoms with Gasteiger partial charge in [-0.2, -0.15) is 0 Å². The lowest BCUT2D eigenvalue weighted by Gasteiger charge is -2.04. The van der Waals surface area contributed by atoms with Gasteiger partial charge in [-0.1, -0.05) is 60.7 Å². The fourth-order valence-corrected chi connectivity index (χ4v) is 3.60. The van der Waals surface area contributed by atoms with Gasteiger partial charge in [-0.3, -0.25) is 0 Å². The third-order valence-corrected chi connectivity index (χ3v) is 5.16. The standard InChI is InChI=1S/C26H20N2O/c1-29-22-12-9-20(10-13-22)21-11-14-25-23(16-21)24-15-19(17-27-26(24)28-25)8-7-18-5-3-2-4-6-18/h2-17H,1H3,(H,27,28)/b8-7+. The summed E-state index contributed by atoms with van der Waals surface area (Å²) >= 11 is 0. The van der Waals surface area contributed by atoms with Crippen LogP contribution >= 0.6 is 0 Å². The van der Waals surface area contributed by atoms with Crippen LogP contribution in [0, 0.1) is 0 Å². The van der Waals surface area contributed by atoms with Gasteiger partial charge in [-0.25, -0.2) is 4.98 Å². The van der Waals surface area contributed by atoms with E-state index in [1.54, 1.807) is 7.11 Å². The van der Waals surface area contributed by atoms with Crippen LogP contribution in [-0.2, 0) is 0 Å².